The van der Waals surface area contributed by atoms with Gasteiger partial charge in [0.05, 0.1) is 5.54 Å². The molecule has 0 heterocycles. The number of benzene rings is 1. The monoisotopic (exact) mass is 316 g/mol. The Morgan fingerprint density at radius 1 is 1.45 bits per heavy atom. The first-order valence-corrected chi connectivity index (χ1v) is 7.84. The van der Waals surface area contributed by atoms with Gasteiger partial charge in [-0.2, -0.15) is 0 Å². The highest BCUT2D eigenvalue weighted by molar-refractivity contribution is 7.98. The van der Waals surface area contributed by atoms with Crippen LogP contribution in [-0.2, 0) is 11.3 Å². The molecule has 0 aromatic heterocycles. The first-order chi connectivity index (χ1) is 8.90. The summed E-state index contributed by atoms with van der Waals surface area (Å²) in [5.74, 6) is -0.0815. The Morgan fingerprint density at radius 2 is 2.10 bits per heavy atom. The lowest BCUT2D eigenvalue weighted by Gasteiger charge is -2.23. The van der Waals surface area contributed by atoms with Crippen molar-refractivity contribution in [2.75, 3.05) is 6.26 Å². The van der Waals surface area contributed by atoms with E-state index in [1.54, 1.807) is 18.7 Å². The van der Waals surface area contributed by atoms with Crippen molar-refractivity contribution in [3.05, 3.63) is 29.3 Å². The maximum Gasteiger partial charge on any atom is 0.240 e. The number of hydrogen-bond donors (Lipinski definition) is 2. The molecule has 1 unspecified atom stereocenters. The van der Waals surface area contributed by atoms with Gasteiger partial charge in [-0.05, 0) is 43.7 Å². The fraction of sp³-hybridized carbons (Fsp3) is 0.533. The molecule has 0 radical (unpaired) electrons. The molecule has 0 bridgehead atoms. The van der Waals surface area contributed by atoms with E-state index in [4.69, 9.17) is 5.73 Å². The number of carbonyl (C=O) groups is 1. The third kappa shape index (κ3) is 5.35. The van der Waals surface area contributed by atoms with Crippen molar-refractivity contribution < 1.29 is 4.79 Å². The summed E-state index contributed by atoms with van der Waals surface area (Å²) in [7, 11) is 0. The highest BCUT2D eigenvalue weighted by Gasteiger charge is 2.26. The number of hydrogen-bond acceptors (Lipinski definition) is 3. The molecule has 0 spiro atoms. The molecule has 0 saturated carbocycles. The van der Waals surface area contributed by atoms with Gasteiger partial charge in [-0.25, -0.2) is 0 Å². The third-order valence-electron chi connectivity index (χ3n) is 3.17. The van der Waals surface area contributed by atoms with Crippen LogP contribution in [0.3, 0.4) is 0 Å². The van der Waals surface area contributed by atoms with Crippen LogP contribution < -0.4 is 11.1 Å². The Bertz CT molecular complexity index is 449. The van der Waals surface area contributed by atoms with Crippen molar-refractivity contribution in [1.29, 1.82) is 0 Å². The zero-order chi connectivity index (χ0) is 14.5. The normalized spacial score (nSPS) is 13.2. The van der Waals surface area contributed by atoms with Crippen LogP contribution in [0.4, 0.5) is 0 Å². The molecule has 1 rings (SSSR count). The summed E-state index contributed by atoms with van der Waals surface area (Å²) in [4.78, 5) is 13.3. The fourth-order valence-electron chi connectivity index (χ4n) is 2.01. The lowest BCUT2D eigenvalue weighted by molar-refractivity contribution is -0.126. The summed E-state index contributed by atoms with van der Waals surface area (Å²) in [6.45, 7) is 6.42. The van der Waals surface area contributed by atoms with Gasteiger partial charge in [-0.15, -0.1) is 24.2 Å². The van der Waals surface area contributed by atoms with Gasteiger partial charge in [0.2, 0.25) is 5.91 Å². The smallest absolute Gasteiger partial charge is 0.240 e. The number of carbonyl (C=O) groups excluding carboxylic acids is 1. The van der Waals surface area contributed by atoms with E-state index in [1.807, 2.05) is 13.2 Å². The third-order valence-corrected chi connectivity index (χ3v) is 3.99. The predicted molar refractivity (Wildman–Crippen MR) is 89.6 cm³/mol. The van der Waals surface area contributed by atoms with Gasteiger partial charge in [0.15, 0.2) is 0 Å². The van der Waals surface area contributed by atoms with E-state index in [0.717, 1.165) is 12.0 Å². The van der Waals surface area contributed by atoms with Crippen LogP contribution in [-0.4, -0.2) is 17.7 Å². The van der Waals surface area contributed by atoms with Gasteiger partial charge in [0.25, 0.3) is 0 Å². The molecule has 3 N–H and O–H groups in total. The molecule has 0 aliphatic carbocycles. The highest BCUT2D eigenvalue weighted by atomic mass is 35.5. The molecule has 114 valence electrons. The summed E-state index contributed by atoms with van der Waals surface area (Å²) < 4.78 is 0. The van der Waals surface area contributed by atoms with Crippen LogP contribution in [0.5, 0.6) is 0 Å². The van der Waals surface area contributed by atoms with Crippen LogP contribution in [0.25, 0.3) is 0 Å². The average Bonchev–Trinajstić information content (AvgIpc) is 2.36. The van der Waals surface area contributed by atoms with E-state index in [1.165, 1.54) is 10.5 Å². The average molecular weight is 317 g/mol. The molecule has 0 fully saturated rings. The van der Waals surface area contributed by atoms with Crippen molar-refractivity contribution in [3.63, 3.8) is 0 Å². The topological polar surface area (TPSA) is 55.1 Å². The van der Waals surface area contributed by atoms with Crippen molar-refractivity contribution in [1.82, 2.24) is 5.32 Å². The molecule has 0 aliphatic heterocycles. The number of halogens is 1. The van der Waals surface area contributed by atoms with Crippen molar-refractivity contribution in [3.8, 4) is 0 Å². The van der Waals surface area contributed by atoms with Gasteiger partial charge in [0.1, 0.15) is 0 Å². The van der Waals surface area contributed by atoms with E-state index in [0.29, 0.717) is 13.0 Å². The van der Waals surface area contributed by atoms with Crippen LogP contribution in [0.2, 0.25) is 0 Å². The van der Waals surface area contributed by atoms with E-state index >= 15 is 0 Å². The van der Waals surface area contributed by atoms with E-state index < -0.39 is 5.54 Å². The Balaban J connectivity index is 0.00000361. The predicted octanol–water partition coefficient (Wildman–Crippen LogP) is 3.27. The lowest BCUT2D eigenvalue weighted by atomic mass is 9.96. The standard InChI is InChI=1S/C15H24N2OS.ClH/c1-5-8-15(3,16)14(18)17-10-12-7-6-11(2)9-13(12)19-4;/h6-7,9H,5,8,10,16H2,1-4H3,(H,17,18);1H. The molecule has 1 aromatic carbocycles. The van der Waals surface area contributed by atoms with Crippen LogP contribution >= 0.6 is 24.2 Å². The van der Waals surface area contributed by atoms with Crippen molar-refractivity contribution in [2.45, 2.75) is 50.6 Å². The summed E-state index contributed by atoms with van der Waals surface area (Å²) >= 11 is 1.70. The minimum absolute atomic E-state index is 0. The van der Waals surface area contributed by atoms with Gasteiger partial charge in [0, 0.05) is 11.4 Å². The fourth-order valence-corrected chi connectivity index (χ4v) is 2.71. The maximum atomic E-state index is 12.1. The number of nitrogens with two attached hydrogens (primary N) is 1. The first-order valence-electron chi connectivity index (χ1n) is 6.61. The van der Waals surface area contributed by atoms with Crippen LogP contribution in [0, 0.1) is 6.92 Å². The number of aryl methyl sites for hydroxylation is 1. The number of rotatable bonds is 6. The number of thioether (sulfide) groups is 1. The highest BCUT2D eigenvalue weighted by Crippen LogP contribution is 2.22. The summed E-state index contributed by atoms with van der Waals surface area (Å²) in [6.07, 6.45) is 3.65. The maximum absolute atomic E-state index is 12.1. The number of amides is 1. The zero-order valence-corrected chi connectivity index (χ0v) is 14.3. The second kappa shape index (κ2) is 8.55. The minimum atomic E-state index is -0.779. The first kappa shape index (κ1) is 19.3. The molecule has 20 heavy (non-hydrogen) atoms. The van der Waals surface area contributed by atoms with Crippen molar-refractivity contribution >= 4 is 30.1 Å². The van der Waals surface area contributed by atoms with Gasteiger partial charge in [-0.3, -0.25) is 4.79 Å². The molecule has 3 nitrogen and oxygen atoms in total. The van der Waals surface area contributed by atoms with E-state index in [9.17, 15) is 4.79 Å². The minimum Gasteiger partial charge on any atom is -0.350 e. The zero-order valence-electron chi connectivity index (χ0n) is 12.7. The van der Waals surface area contributed by atoms with Gasteiger partial charge in [-0.1, -0.05) is 25.5 Å². The SMILES string of the molecule is CCCC(C)(N)C(=O)NCc1ccc(C)cc1SC.Cl. The lowest BCUT2D eigenvalue weighted by Crippen LogP contribution is -2.51. The van der Waals surface area contributed by atoms with Gasteiger partial charge >= 0.3 is 0 Å². The Labute approximate surface area is 132 Å². The van der Waals surface area contributed by atoms with Crippen LogP contribution in [0.1, 0.15) is 37.8 Å². The molecule has 5 heteroatoms. The summed E-state index contributed by atoms with van der Waals surface area (Å²) in [6, 6.07) is 6.27. The van der Waals surface area contributed by atoms with Crippen molar-refractivity contribution in [2.24, 2.45) is 5.73 Å². The summed E-state index contributed by atoms with van der Waals surface area (Å²) in [5, 5.41) is 2.94. The summed E-state index contributed by atoms with van der Waals surface area (Å²) in [5.41, 5.74) is 7.60. The van der Waals surface area contributed by atoms with E-state index in [2.05, 4.69) is 30.4 Å². The van der Waals surface area contributed by atoms with Gasteiger partial charge < -0.3 is 11.1 Å². The molecule has 1 amide bonds. The molecular weight excluding hydrogens is 292 g/mol. The van der Waals surface area contributed by atoms with Crippen LogP contribution in [0.15, 0.2) is 23.1 Å². The second-order valence-electron chi connectivity index (χ2n) is 5.17. The molecule has 1 atom stereocenters. The Hall–Kier alpha value is -0.710. The number of nitrogens with one attached hydrogen (secondary N) is 1. The molecule has 1 aromatic rings. The quantitative estimate of drug-likeness (QED) is 0.792. The largest absolute Gasteiger partial charge is 0.350 e. The van der Waals surface area contributed by atoms with E-state index in [-0.39, 0.29) is 18.3 Å². The Kier molecular flexibility index (Phi) is 8.25. The molecule has 0 saturated heterocycles. The second-order valence-corrected chi connectivity index (χ2v) is 6.01. The molecule has 0 aliphatic rings. The Morgan fingerprint density at radius 3 is 2.65 bits per heavy atom. The molecular formula is C15H25ClN2OS.